The zero-order valence-electron chi connectivity index (χ0n) is 13.9. The molecule has 4 N–H and O–H groups in total. The number of carbonyl (C=O) groups excluding carboxylic acids is 1. The van der Waals surface area contributed by atoms with Crippen molar-refractivity contribution in [2.45, 2.75) is 9.79 Å². The van der Waals surface area contributed by atoms with Crippen molar-refractivity contribution in [3.05, 3.63) is 60.2 Å². The highest BCUT2D eigenvalue weighted by molar-refractivity contribution is 7.89. The molecule has 0 unspecified atom stereocenters. The van der Waals surface area contributed by atoms with E-state index in [4.69, 9.17) is 0 Å². The predicted molar refractivity (Wildman–Crippen MR) is 99.6 cm³/mol. The molecular formula is C17H13NO8S2. The van der Waals surface area contributed by atoms with Gasteiger partial charge in [0.2, 0.25) is 0 Å². The Kier molecular flexibility index (Phi) is 4.85. The third-order valence-corrected chi connectivity index (χ3v) is 5.84. The molecule has 0 heterocycles. The molecule has 0 radical (unpaired) electrons. The Balaban J connectivity index is 2.30. The maximum atomic E-state index is 12.4. The molecule has 11 heteroatoms. The maximum absolute atomic E-state index is 12.4. The standard InChI is InChI=1S/C17H13NO8S2/c19-13-9-14(27(21,22)23)16(28(24,25)26)11-7-4-8-12(15(11)13)18-17(20)10-5-2-1-3-6-10/h1-9,19H,(H,18,20)(H,21,22,23)(H,24,25,26). The van der Waals surface area contributed by atoms with E-state index in [0.29, 0.717) is 6.07 Å². The number of phenols is 1. The van der Waals surface area contributed by atoms with Crippen molar-refractivity contribution in [2.75, 3.05) is 5.32 Å². The highest BCUT2D eigenvalue weighted by Gasteiger charge is 2.29. The van der Waals surface area contributed by atoms with Crippen molar-refractivity contribution >= 4 is 42.6 Å². The summed E-state index contributed by atoms with van der Waals surface area (Å²) in [6, 6.07) is 12.3. The van der Waals surface area contributed by atoms with Crippen molar-refractivity contribution in [2.24, 2.45) is 0 Å². The Hall–Kier alpha value is -2.99. The number of aromatic hydroxyl groups is 1. The second-order valence-corrected chi connectivity index (χ2v) is 8.47. The van der Waals surface area contributed by atoms with E-state index in [1.54, 1.807) is 18.2 Å². The number of carbonyl (C=O) groups is 1. The molecule has 3 aromatic rings. The largest absolute Gasteiger partial charge is 0.507 e. The van der Waals surface area contributed by atoms with Gasteiger partial charge in [0.05, 0.1) is 5.69 Å². The Bertz CT molecular complexity index is 1300. The molecule has 3 aromatic carbocycles. The molecule has 0 atom stereocenters. The Labute approximate surface area is 159 Å². The molecule has 0 saturated carbocycles. The van der Waals surface area contributed by atoms with Crippen molar-refractivity contribution in [3.63, 3.8) is 0 Å². The van der Waals surface area contributed by atoms with Crippen LogP contribution in [0, 0.1) is 0 Å². The van der Waals surface area contributed by atoms with Crippen molar-refractivity contribution in [1.29, 1.82) is 0 Å². The van der Waals surface area contributed by atoms with Crippen LogP contribution in [0.3, 0.4) is 0 Å². The molecular weight excluding hydrogens is 410 g/mol. The predicted octanol–water partition coefficient (Wildman–Crippen LogP) is 2.29. The summed E-state index contributed by atoms with van der Waals surface area (Å²) in [5, 5.41) is 12.1. The number of hydrogen-bond donors (Lipinski definition) is 4. The lowest BCUT2D eigenvalue weighted by atomic mass is 10.1. The zero-order valence-corrected chi connectivity index (χ0v) is 15.5. The van der Waals surface area contributed by atoms with Crippen LogP contribution >= 0.6 is 0 Å². The highest BCUT2D eigenvalue weighted by atomic mass is 32.2. The number of phenolic OH excluding ortho intramolecular Hbond substituents is 1. The topological polar surface area (TPSA) is 158 Å². The number of hydrogen-bond acceptors (Lipinski definition) is 6. The Morgan fingerprint density at radius 3 is 2.07 bits per heavy atom. The van der Waals surface area contributed by atoms with Gasteiger partial charge in [-0.3, -0.25) is 13.9 Å². The van der Waals surface area contributed by atoms with Gasteiger partial charge in [-0.15, -0.1) is 0 Å². The zero-order chi connectivity index (χ0) is 20.7. The molecule has 9 nitrogen and oxygen atoms in total. The minimum Gasteiger partial charge on any atom is -0.507 e. The van der Waals surface area contributed by atoms with E-state index in [2.05, 4.69) is 5.32 Å². The van der Waals surface area contributed by atoms with E-state index in [-0.39, 0.29) is 16.6 Å². The van der Waals surface area contributed by atoms with Crippen molar-refractivity contribution in [3.8, 4) is 5.75 Å². The molecule has 1 amide bonds. The van der Waals surface area contributed by atoms with E-state index in [0.717, 1.165) is 6.07 Å². The minimum atomic E-state index is -5.12. The Morgan fingerprint density at radius 1 is 0.857 bits per heavy atom. The first-order chi connectivity index (χ1) is 13.0. The molecule has 0 aromatic heterocycles. The lowest BCUT2D eigenvalue weighted by Crippen LogP contribution is -2.13. The first kappa shape index (κ1) is 19.8. The fraction of sp³-hybridized carbons (Fsp3) is 0. The summed E-state index contributed by atoms with van der Waals surface area (Å²) in [6.07, 6.45) is 0. The molecule has 0 fully saturated rings. The summed E-state index contributed by atoms with van der Waals surface area (Å²) in [4.78, 5) is 10.1. The number of anilines is 1. The van der Waals surface area contributed by atoms with Crippen LogP contribution in [0.4, 0.5) is 5.69 Å². The molecule has 146 valence electrons. The van der Waals surface area contributed by atoms with Gasteiger partial charge in [-0.2, -0.15) is 16.8 Å². The van der Waals surface area contributed by atoms with Gasteiger partial charge in [0.25, 0.3) is 26.1 Å². The van der Waals surface area contributed by atoms with E-state index < -0.39 is 47.1 Å². The molecule has 0 spiro atoms. The van der Waals surface area contributed by atoms with Crippen molar-refractivity contribution in [1.82, 2.24) is 0 Å². The second kappa shape index (κ2) is 6.87. The summed E-state index contributed by atoms with van der Waals surface area (Å²) >= 11 is 0. The second-order valence-electron chi connectivity index (χ2n) is 5.72. The number of fused-ring (bicyclic) bond motifs is 1. The summed E-state index contributed by atoms with van der Waals surface area (Å²) in [6.45, 7) is 0. The first-order valence-corrected chi connectivity index (χ1v) is 10.5. The van der Waals surface area contributed by atoms with Crippen LogP contribution in [0.5, 0.6) is 5.75 Å². The van der Waals surface area contributed by atoms with Crippen LogP contribution in [-0.4, -0.2) is 37.0 Å². The monoisotopic (exact) mass is 423 g/mol. The summed E-state index contributed by atoms with van der Waals surface area (Å²) in [5.41, 5.74) is 0.249. The third-order valence-electron chi connectivity index (χ3n) is 3.88. The molecule has 0 aliphatic rings. The van der Waals surface area contributed by atoms with Gasteiger partial charge in [-0.1, -0.05) is 30.3 Å². The summed E-state index contributed by atoms with van der Waals surface area (Å²) < 4.78 is 65.5. The molecule has 0 bridgehead atoms. The molecule has 0 aliphatic heterocycles. The van der Waals surface area contributed by atoms with Gasteiger partial charge in [0.1, 0.15) is 15.5 Å². The highest BCUT2D eigenvalue weighted by Crippen LogP contribution is 2.39. The van der Waals surface area contributed by atoms with Crippen LogP contribution in [0.25, 0.3) is 10.8 Å². The maximum Gasteiger partial charge on any atom is 0.296 e. The molecule has 0 aliphatic carbocycles. The molecule has 0 saturated heterocycles. The number of rotatable bonds is 4. The molecule has 28 heavy (non-hydrogen) atoms. The van der Waals surface area contributed by atoms with Gasteiger partial charge in [0, 0.05) is 22.4 Å². The summed E-state index contributed by atoms with van der Waals surface area (Å²) in [5.74, 6) is -1.29. The SMILES string of the molecule is O=C(Nc1cccc2c(S(=O)(=O)O)c(S(=O)(=O)O)cc(O)c12)c1ccccc1. The van der Waals surface area contributed by atoms with Crippen LogP contribution in [0.15, 0.2) is 64.4 Å². The molecule has 3 rings (SSSR count). The smallest absolute Gasteiger partial charge is 0.296 e. The normalized spacial score (nSPS) is 12.1. The van der Waals surface area contributed by atoms with Crippen LogP contribution in [-0.2, 0) is 20.2 Å². The van der Waals surface area contributed by atoms with E-state index in [9.17, 15) is 35.8 Å². The Morgan fingerprint density at radius 2 is 1.50 bits per heavy atom. The van der Waals surface area contributed by atoms with Gasteiger partial charge in [-0.25, -0.2) is 0 Å². The lowest BCUT2D eigenvalue weighted by Gasteiger charge is -2.14. The van der Waals surface area contributed by atoms with E-state index in [1.807, 2.05) is 0 Å². The van der Waals surface area contributed by atoms with Gasteiger partial charge in [-0.05, 0) is 18.2 Å². The van der Waals surface area contributed by atoms with Crippen LogP contribution in [0.2, 0.25) is 0 Å². The lowest BCUT2D eigenvalue weighted by molar-refractivity contribution is 0.102. The quantitative estimate of drug-likeness (QED) is 0.465. The van der Waals surface area contributed by atoms with Gasteiger partial charge < -0.3 is 10.4 Å². The number of benzene rings is 3. The minimum absolute atomic E-state index is 0.0318. The number of nitrogens with one attached hydrogen (secondary N) is 1. The van der Waals surface area contributed by atoms with Crippen LogP contribution in [0.1, 0.15) is 10.4 Å². The van der Waals surface area contributed by atoms with Crippen molar-refractivity contribution < 1.29 is 35.8 Å². The van der Waals surface area contributed by atoms with Crippen LogP contribution < -0.4 is 5.32 Å². The van der Waals surface area contributed by atoms with Gasteiger partial charge in [0.15, 0.2) is 0 Å². The fourth-order valence-electron chi connectivity index (χ4n) is 2.76. The third kappa shape index (κ3) is 3.68. The summed E-state index contributed by atoms with van der Waals surface area (Å²) in [7, 11) is -10.2. The average molecular weight is 423 g/mol. The average Bonchev–Trinajstić information content (AvgIpc) is 2.60. The number of amides is 1. The van der Waals surface area contributed by atoms with E-state index >= 15 is 0 Å². The fourth-order valence-corrected chi connectivity index (χ4v) is 4.76. The van der Waals surface area contributed by atoms with E-state index in [1.165, 1.54) is 24.3 Å². The van der Waals surface area contributed by atoms with Gasteiger partial charge >= 0.3 is 0 Å². The first-order valence-electron chi connectivity index (χ1n) is 7.60.